The second kappa shape index (κ2) is 3.90. The third kappa shape index (κ3) is 1.54. The molecule has 4 heteroatoms. The fraction of sp³-hybridized carbons (Fsp3) is 0.429. The van der Waals surface area contributed by atoms with E-state index in [2.05, 4.69) is 0 Å². The molecular weight excluding hydrogens is 250 g/mol. The minimum absolute atomic E-state index is 0.302. The van der Waals surface area contributed by atoms with E-state index < -0.39 is 0 Å². The Labute approximate surface area is 111 Å². The summed E-state index contributed by atoms with van der Waals surface area (Å²) in [5, 5.41) is 1.59. The van der Waals surface area contributed by atoms with E-state index in [1.165, 1.54) is 0 Å². The number of ether oxygens (including phenoxy) is 1. The van der Waals surface area contributed by atoms with E-state index in [-0.39, 0.29) is 5.54 Å². The Kier molecular flexibility index (Phi) is 2.57. The number of aryl methyl sites for hydroxylation is 1. The van der Waals surface area contributed by atoms with Crippen molar-refractivity contribution >= 4 is 22.6 Å². The lowest BCUT2D eigenvalue weighted by molar-refractivity contribution is 0.253. The third-order valence-electron chi connectivity index (χ3n) is 3.83. The van der Waals surface area contributed by atoms with Gasteiger partial charge in [-0.3, -0.25) is 0 Å². The molecule has 2 N–H and O–H groups in total. The number of rotatable bonds is 2. The Morgan fingerprint density at radius 1 is 1.39 bits per heavy atom. The molecular formula is C14H16ClNO2. The maximum Gasteiger partial charge on any atom is 0.177 e. The van der Waals surface area contributed by atoms with Gasteiger partial charge in [-0.15, -0.1) is 0 Å². The number of hydrogen-bond donors (Lipinski definition) is 1. The summed E-state index contributed by atoms with van der Waals surface area (Å²) in [7, 11) is 1.63. The maximum absolute atomic E-state index is 6.49. The molecule has 1 aromatic heterocycles. The lowest BCUT2D eigenvalue weighted by Crippen LogP contribution is -2.43. The lowest BCUT2D eigenvalue weighted by atomic mass is 9.72. The molecule has 3 rings (SSSR count). The predicted molar refractivity (Wildman–Crippen MR) is 72.2 cm³/mol. The number of nitrogens with two attached hydrogens (primary N) is 1. The quantitative estimate of drug-likeness (QED) is 0.900. The van der Waals surface area contributed by atoms with Crippen LogP contribution in [0.4, 0.5) is 0 Å². The van der Waals surface area contributed by atoms with Crippen LogP contribution in [-0.2, 0) is 5.54 Å². The molecule has 1 aromatic carbocycles. The first-order chi connectivity index (χ1) is 8.55. The molecule has 0 aliphatic heterocycles. The highest BCUT2D eigenvalue weighted by atomic mass is 35.5. The van der Waals surface area contributed by atoms with Crippen LogP contribution >= 0.6 is 11.6 Å². The smallest absolute Gasteiger partial charge is 0.177 e. The van der Waals surface area contributed by atoms with Crippen LogP contribution in [0.2, 0.25) is 5.02 Å². The standard InChI is InChI=1S/C14H16ClNO2/c1-8-6-9-12(15)10(14(16)4-3-5-14)7-11(17-2)13(9)18-8/h6-7H,3-5,16H2,1-2H3. The average molecular weight is 266 g/mol. The van der Waals surface area contributed by atoms with Gasteiger partial charge in [0.05, 0.1) is 12.1 Å². The highest BCUT2D eigenvalue weighted by molar-refractivity contribution is 6.36. The van der Waals surface area contributed by atoms with Gasteiger partial charge in [0.15, 0.2) is 11.3 Å². The molecule has 1 saturated carbocycles. The maximum atomic E-state index is 6.49. The van der Waals surface area contributed by atoms with Gasteiger partial charge >= 0.3 is 0 Å². The van der Waals surface area contributed by atoms with Crippen molar-refractivity contribution in [2.45, 2.75) is 31.7 Å². The summed E-state index contributed by atoms with van der Waals surface area (Å²) in [4.78, 5) is 0. The molecule has 2 aromatic rings. The summed E-state index contributed by atoms with van der Waals surface area (Å²) in [5.74, 6) is 1.52. The van der Waals surface area contributed by atoms with Gasteiger partial charge < -0.3 is 14.9 Å². The van der Waals surface area contributed by atoms with Crippen LogP contribution in [0.1, 0.15) is 30.6 Å². The largest absolute Gasteiger partial charge is 0.493 e. The fourth-order valence-corrected chi connectivity index (χ4v) is 2.99. The number of halogens is 1. The van der Waals surface area contributed by atoms with Crippen LogP contribution in [-0.4, -0.2) is 7.11 Å². The molecule has 18 heavy (non-hydrogen) atoms. The van der Waals surface area contributed by atoms with Crippen molar-refractivity contribution in [3.05, 3.63) is 28.5 Å². The molecule has 0 bridgehead atoms. The van der Waals surface area contributed by atoms with Crippen LogP contribution in [0.25, 0.3) is 11.0 Å². The molecule has 1 fully saturated rings. The van der Waals surface area contributed by atoms with E-state index in [0.717, 1.165) is 36.0 Å². The first-order valence-corrected chi connectivity index (χ1v) is 6.49. The van der Waals surface area contributed by atoms with Crippen LogP contribution in [0.3, 0.4) is 0 Å². The van der Waals surface area contributed by atoms with E-state index >= 15 is 0 Å². The van der Waals surface area contributed by atoms with E-state index in [1.54, 1.807) is 7.11 Å². The van der Waals surface area contributed by atoms with Crippen LogP contribution < -0.4 is 10.5 Å². The Bertz CT molecular complexity index is 614. The van der Waals surface area contributed by atoms with Crippen molar-refractivity contribution in [2.75, 3.05) is 7.11 Å². The van der Waals surface area contributed by atoms with Crippen molar-refractivity contribution in [1.82, 2.24) is 0 Å². The van der Waals surface area contributed by atoms with E-state index in [0.29, 0.717) is 16.4 Å². The molecule has 0 saturated heterocycles. The molecule has 3 nitrogen and oxygen atoms in total. The SMILES string of the molecule is COc1cc(C2(N)CCC2)c(Cl)c2cc(C)oc12. The van der Waals surface area contributed by atoms with Gasteiger partial charge in [-0.25, -0.2) is 0 Å². The van der Waals surface area contributed by atoms with Gasteiger partial charge in [-0.2, -0.15) is 0 Å². The number of methoxy groups -OCH3 is 1. The second-order valence-electron chi connectivity index (χ2n) is 5.05. The number of hydrogen-bond acceptors (Lipinski definition) is 3. The summed E-state index contributed by atoms with van der Waals surface area (Å²) < 4.78 is 11.0. The molecule has 1 heterocycles. The van der Waals surface area contributed by atoms with Gasteiger partial charge in [-0.1, -0.05) is 11.6 Å². The molecule has 0 atom stereocenters. The van der Waals surface area contributed by atoms with Gasteiger partial charge in [0, 0.05) is 10.9 Å². The summed E-state index contributed by atoms with van der Waals surface area (Å²) in [6, 6.07) is 3.86. The van der Waals surface area contributed by atoms with Crippen LogP contribution in [0.5, 0.6) is 5.75 Å². The Balaban J connectivity index is 2.29. The van der Waals surface area contributed by atoms with Gasteiger partial charge in [-0.05, 0) is 43.9 Å². The van der Waals surface area contributed by atoms with Gasteiger partial charge in [0.1, 0.15) is 5.76 Å². The molecule has 0 amide bonds. The first kappa shape index (κ1) is 11.9. The highest BCUT2D eigenvalue weighted by Gasteiger charge is 2.37. The average Bonchev–Trinajstić information content (AvgIpc) is 2.69. The minimum Gasteiger partial charge on any atom is -0.493 e. The van der Waals surface area contributed by atoms with E-state index in [9.17, 15) is 0 Å². The van der Waals surface area contributed by atoms with Crippen molar-refractivity contribution in [1.29, 1.82) is 0 Å². The Morgan fingerprint density at radius 2 is 2.11 bits per heavy atom. The van der Waals surface area contributed by atoms with Crippen molar-refractivity contribution in [3.63, 3.8) is 0 Å². The van der Waals surface area contributed by atoms with E-state index in [4.69, 9.17) is 26.5 Å². The topological polar surface area (TPSA) is 48.4 Å². The van der Waals surface area contributed by atoms with Crippen molar-refractivity contribution in [3.8, 4) is 5.75 Å². The van der Waals surface area contributed by atoms with Gasteiger partial charge in [0.2, 0.25) is 0 Å². The van der Waals surface area contributed by atoms with Crippen molar-refractivity contribution in [2.24, 2.45) is 5.73 Å². The Hall–Kier alpha value is -1.19. The fourth-order valence-electron chi connectivity index (χ4n) is 2.61. The monoisotopic (exact) mass is 265 g/mol. The highest BCUT2D eigenvalue weighted by Crippen LogP contribution is 2.46. The third-order valence-corrected chi connectivity index (χ3v) is 4.24. The number of benzene rings is 1. The first-order valence-electron chi connectivity index (χ1n) is 6.11. The number of fused-ring (bicyclic) bond motifs is 1. The summed E-state index contributed by atoms with van der Waals surface area (Å²) in [5.41, 5.74) is 7.75. The minimum atomic E-state index is -0.302. The Morgan fingerprint density at radius 3 is 2.67 bits per heavy atom. The lowest BCUT2D eigenvalue weighted by Gasteiger charge is -2.39. The molecule has 0 spiro atoms. The summed E-state index contributed by atoms with van der Waals surface area (Å²) >= 11 is 6.49. The van der Waals surface area contributed by atoms with Gasteiger partial charge in [0.25, 0.3) is 0 Å². The zero-order chi connectivity index (χ0) is 12.9. The molecule has 1 aliphatic carbocycles. The zero-order valence-electron chi connectivity index (χ0n) is 10.5. The van der Waals surface area contributed by atoms with Crippen molar-refractivity contribution < 1.29 is 9.15 Å². The predicted octanol–water partition coefficient (Wildman–Crippen LogP) is 3.74. The molecule has 96 valence electrons. The summed E-state index contributed by atoms with van der Waals surface area (Å²) in [6.45, 7) is 1.90. The van der Waals surface area contributed by atoms with Crippen LogP contribution in [0.15, 0.2) is 16.5 Å². The number of furan rings is 1. The second-order valence-corrected chi connectivity index (χ2v) is 5.43. The molecule has 0 unspecified atom stereocenters. The summed E-state index contributed by atoms with van der Waals surface area (Å²) in [6.07, 6.45) is 3.09. The zero-order valence-corrected chi connectivity index (χ0v) is 11.3. The normalized spacial score (nSPS) is 17.8. The van der Waals surface area contributed by atoms with Crippen LogP contribution in [0, 0.1) is 6.92 Å². The van der Waals surface area contributed by atoms with E-state index in [1.807, 2.05) is 19.1 Å². The molecule has 1 aliphatic rings. The molecule has 0 radical (unpaired) electrons.